The standard InChI is InChI=1S/C22H28N6OS/c1-16-13-19(25-22(23)24-16)21-18(15-27(2)26-21)14-17-5-3-4-6-20(17)30-12-9-28-7-10-29-11-8-28/h3-6,13,15H,7-12,14H2,1-2H3,(H2,23,24,25). The molecule has 1 aliphatic heterocycles. The normalized spacial score (nSPS) is 14.9. The number of hydrogen-bond donors (Lipinski definition) is 1. The van der Waals surface area contributed by atoms with Crippen LogP contribution in [0.2, 0.25) is 0 Å². The molecule has 1 aliphatic rings. The zero-order valence-corrected chi connectivity index (χ0v) is 18.4. The maximum Gasteiger partial charge on any atom is 0.220 e. The number of nitrogens with zero attached hydrogens (tertiary/aromatic N) is 5. The quantitative estimate of drug-likeness (QED) is 0.584. The average Bonchev–Trinajstić information content (AvgIpc) is 3.09. The molecule has 7 nitrogen and oxygen atoms in total. The Balaban J connectivity index is 1.51. The third kappa shape index (κ3) is 5.19. The molecule has 0 radical (unpaired) electrons. The molecule has 4 rings (SSSR count). The highest BCUT2D eigenvalue weighted by molar-refractivity contribution is 7.99. The third-order valence-corrected chi connectivity index (χ3v) is 6.24. The molecule has 1 fully saturated rings. The van der Waals surface area contributed by atoms with Crippen molar-refractivity contribution >= 4 is 17.7 Å². The largest absolute Gasteiger partial charge is 0.379 e. The fourth-order valence-electron chi connectivity index (χ4n) is 3.70. The van der Waals surface area contributed by atoms with E-state index in [4.69, 9.17) is 10.5 Å². The molecular formula is C22H28N6OS. The van der Waals surface area contributed by atoms with Crippen LogP contribution >= 0.6 is 11.8 Å². The topological polar surface area (TPSA) is 82.1 Å². The smallest absolute Gasteiger partial charge is 0.220 e. The van der Waals surface area contributed by atoms with Gasteiger partial charge in [0.05, 0.1) is 18.9 Å². The molecule has 0 spiro atoms. The summed E-state index contributed by atoms with van der Waals surface area (Å²) in [5.41, 5.74) is 10.8. The predicted molar refractivity (Wildman–Crippen MR) is 121 cm³/mol. The lowest BCUT2D eigenvalue weighted by atomic mass is 10.0. The number of aromatic nitrogens is 4. The summed E-state index contributed by atoms with van der Waals surface area (Å²) in [7, 11) is 1.94. The number of anilines is 1. The van der Waals surface area contributed by atoms with Crippen LogP contribution in [0.3, 0.4) is 0 Å². The van der Waals surface area contributed by atoms with Gasteiger partial charge in [-0.25, -0.2) is 9.97 Å². The molecule has 1 saturated heterocycles. The van der Waals surface area contributed by atoms with Crippen LogP contribution in [0.15, 0.2) is 41.4 Å². The Bertz CT molecular complexity index is 979. The van der Waals surface area contributed by atoms with E-state index in [-0.39, 0.29) is 5.95 Å². The summed E-state index contributed by atoms with van der Waals surface area (Å²) in [5.74, 6) is 1.35. The lowest BCUT2D eigenvalue weighted by Gasteiger charge is -2.26. The highest BCUT2D eigenvalue weighted by Crippen LogP contribution is 2.29. The first-order valence-electron chi connectivity index (χ1n) is 10.2. The van der Waals surface area contributed by atoms with Crippen molar-refractivity contribution < 1.29 is 4.74 Å². The first-order chi connectivity index (χ1) is 14.6. The minimum Gasteiger partial charge on any atom is -0.379 e. The first kappa shape index (κ1) is 20.8. The molecule has 2 N–H and O–H groups in total. The number of nitrogen functional groups attached to an aromatic ring is 1. The zero-order chi connectivity index (χ0) is 20.9. The Morgan fingerprint density at radius 1 is 1.13 bits per heavy atom. The van der Waals surface area contributed by atoms with Crippen molar-refractivity contribution in [2.75, 3.05) is 44.3 Å². The van der Waals surface area contributed by atoms with Gasteiger partial charge in [-0.05, 0) is 24.6 Å². The molecule has 0 amide bonds. The van der Waals surface area contributed by atoms with Gasteiger partial charge in [-0.15, -0.1) is 11.8 Å². The minimum atomic E-state index is 0.278. The molecule has 2 aromatic heterocycles. The van der Waals surface area contributed by atoms with Gasteiger partial charge in [-0.2, -0.15) is 5.10 Å². The number of benzene rings is 1. The lowest BCUT2D eigenvalue weighted by Crippen LogP contribution is -2.37. The number of ether oxygens (including phenoxy) is 1. The molecule has 30 heavy (non-hydrogen) atoms. The van der Waals surface area contributed by atoms with E-state index in [1.54, 1.807) is 0 Å². The van der Waals surface area contributed by atoms with Crippen LogP contribution in [-0.2, 0) is 18.2 Å². The molecule has 0 aliphatic carbocycles. The highest BCUT2D eigenvalue weighted by Gasteiger charge is 2.16. The molecule has 3 aromatic rings. The van der Waals surface area contributed by atoms with Crippen molar-refractivity contribution in [1.29, 1.82) is 0 Å². The van der Waals surface area contributed by atoms with E-state index in [0.29, 0.717) is 0 Å². The maximum absolute atomic E-state index is 5.87. The molecule has 8 heteroatoms. The van der Waals surface area contributed by atoms with Gasteiger partial charge in [0.25, 0.3) is 0 Å². The van der Waals surface area contributed by atoms with Gasteiger partial charge in [0.2, 0.25) is 5.95 Å². The van der Waals surface area contributed by atoms with Gasteiger partial charge < -0.3 is 10.5 Å². The van der Waals surface area contributed by atoms with Crippen LogP contribution in [-0.4, -0.2) is 63.2 Å². The van der Waals surface area contributed by atoms with Crippen LogP contribution in [0.5, 0.6) is 0 Å². The number of hydrogen-bond acceptors (Lipinski definition) is 7. The molecule has 158 valence electrons. The molecule has 0 bridgehead atoms. The average molecular weight is 425 g/mol. The van der Waals surface area contributed by atoms with E-state index in [2.05, 4.69) is 50.4 Å². The van der Waals surface area contributed by atoms with E-state index in [1.165, 1.54) is 10.5 Å². The Hall–Kier alpha value is -2.42. The van der Waals surface area contributed by atoms with Crippen molar-refractivity contribution in [3.05, 3.63) is 53.3 Å². The van der Waals surface area contributed by atoms with E-state index in [9.17, 15) is 0 Å². The lowest BCUT2D eigenvalue weighted by molar-refractivity contribution is 0.0410. The molecular weight excluding hydrogens is 396 g/mol. The van der Waals surface area contributed by atoms with Gasteiger partial charge in [-0.1, -0.05) is 18.2 Å². The second-order valence-corrected chi connectivity index (χ2v) is 8.65. The molecule has 0 unspecified atom stereocenters. The van der Waals surface area contributed by atoms with Crippen LogP contribution in [0.1, 0.15) is 16.8 Å². The second-order valence-electron chi connectivity index (χ2n) is 7.52. The first-order valence-corrected chi connectivity index (χ1v) is 11.2. The number of rotatable bonds is 7. The van der Waals surface area contributed by atoms with E-state index >= 15 is 0 Å². The minimum absolute atomic E-state index is 0.278. The Morgan fingerprint density at radius 2 is 1.93 bits per heavy atom. The Morgan fingerprint density at radius 3 is 2.73 bits per heavy atom. The number of nitrogens with two attached hydrogens (primary N) is 1. The van der Waals surface area contributed by atoms with Gasteiger partial charge in [0.1, 0.15) is 5.69 Å². The summed E-state index contributed by atoms with van der Waals surface area (Å²) in [5, 5.41) is 4.66. The van der Waals surface area contributed by atoms with Gasteiger partial charge in [-0.3, -0.25) is 9.58 Å². The monoisotopic (exact) mass is 424 g/mol. The summed E-state index contributed by atoms with van der Waals surface area (Å²) in [6.45, 7) is 6.76. The summed E-state index contributed by atoms with van der Waals surface area (Å²) in [4.78, 5) is 12.4. The van der Waals surface area contributed by atoms with E-state index < -0.39 is 0 Å². The fraction of sp³-hybridized carbons (Fsp3) is 0.409. The summed E-state index contributed by atoms with van der Waals surface area (Å²) < 4.78 is 7.28. The third-order valence-electron chi connectivity index (χ3n) is 5.14. The Kier molecular flexibility index (Phi) is 6.66. The van der Waals surface area contributed by atoms with Crippen molar-refractivity contribution in [3.63, 3.8) is 0 Å². The van der Waals surface area contributed by atoms with Crippen LogP contribution in [0, 0.1) is 6.92 Å². The summed E-state index contributed by atoms with van der Waals surface area (Å²) in [6.07, 6.45) is 2.87. The fourth-order valence-corrected chi connectivity index (χ4v) is 4.77. The van der Waals surface area contributed by atoms with Crippen molar-refractivity contribution in [2.45, 2.75) is 18.2 Å². The van der Waals surface area contributed by atoms with Crippen molar-refractivity contribution in [3.8, 4) is 11.4 Å². The maximum atomic E-state index is 5.87. The number of thioether (sulfide) groups is 1. The van der Waals surface area contributed by atoms with Crippen LogP contribution in [0.25, 0.3) is 11.4 Å². The zero-order valence-electron chi connectivity index (χ0n) is 17.5. The van der Waals surface area contributed by atoms with Crippen molar-refractivity contribution in [1.82, 2.24) is 24.6 Å². The highest BCUT2D eigenvalue weighted by atomic mass is 32.2. The van der Waals surface area contributed by atoms with Crippen molar-refractivity contribution in [2.24, 2.45) is 7.05 Å². The van der Waals surface area contributed by atoms with Gasteiger partial charge in [0.15, 0.2) is 0 Å². The molecule has 1 aromatic carbocycles. The predicted octanol–water partition coefficient (Wildman–Crippen LogP) is 2.78. The summed E-state index contributed by atoms with van der Waals surface area (Å²) >= 11 is 1.92. The van der Waals surface area contributed by atoms with E-state index in [0.717, 1.165) is 67.7 Å². The van der Waals surface area contributed by atoms with E-state index in [1.807, 2.05) is 36.5 Å². The summed E-state index contributed by atoms with van der Waals surface area (Å²) in [6, 6.07) is 10.6. The molecule has 0 atom stereocenters. The Labute approximate surface area is 181 Å². The SMILES string of the molecule is Cc1cc(-c2nn(C)cc2Cc2ccccc2SCCN2CCOCC2)nc(N)n1. The van der Waals surface area contributed by atoms with Gasteiger partial charge in [0, 0.05) is 61.2 Å². The van der Waals surface area contributed by atoms with Gasteiger partial charge >= 0.3 is 0 Å². The number of morpholine rings is 1. The molecule has 3 heterocycles. The van der Waals surface area contributed by atoms with Crippen LogP contribution in [0.4, 0.5) is 5.95 Å². The second kappa shape index (κ2) is 9.59. The van der Waals surface area contributed by atoms with Crippen LogP contribution < -0.4 is 5.73 Å². The number of aryl methyl sites for hydroxylation is 2. The molecule has 0 saturated carbocycles.